The molecule has 2 rings (SSSR count). The SMILES string of the molecule is CCn1c(C(=O)N(C)OC)cc2ccc(C)cc2c1=O. The van der Waals surface area contributed by atoms with Crippen LogP contribution in [0.15, 0.2) is 29.1 Å². The molecule has 0 unspecified atom stereocenters. The lowest BCUT2D eigenvalue weighted by molar-refractivity contribution is -0.0763. The standard InChI is InChI=1S/C15H18N2O3/c1-5-17-13(15(19)16(3)20-4)9-11-7-6-10(2)8-12(11)14(17)18/h6-9H,5H2,1-4H3. The van der Waals surface area contributed by atoms with Gasteiger partial charge < -0.3 is 4.57 Å². The monoisotopic (exact) mass is 274 g/mol. The number of fused-ring (bicyclic) bond motifs is 1. The van der Waals surface area contributed by atoms with Crippen molar-refractivity contribution in [3.05, 3.63) is 45.9 Å². The fourth-order valence-corrected chi connectivity index (χ4v) is 2.20. The van der Waals surface area contributed by atoms with Crippen LogP contribution < -0.4 is 5.56 Å². The van der Waals surface area contributed by atoms with Gasteiger partial charge in [-0.15, -0.1) is 0 Å². The van der Waals surface area contributed by atoms with Crippen LogP contribution in [0.25, 0.3) is 10.8 Å². The topological polar surface area (TPSA) is 51.5 Å². The van der Waals surface area contributed by atoms with Crippen molar-refractivity contribution in [1.82, 2.24) is 9.63 Å². The summed E-state index contributed by atoms with van der Waals surface area (Å²) in [6.07, 6.45) is 0. The van der Waals surface area contributed by atoms with E-state index < -0.39 is 0 Å². The van der Waals surface area contributed by atoms with Crippen LogP contribution >= 0.6 is 0 Å². The minimum Gasteiger partial charge on any atom is -0.304 e. The highest BCUT2D eigenvalue weighted by Gasteiger charge is 2.18. The Morgan fingerprint density at radius 1 is 1.35 bits per heavy atom. The van der Waals surface area contributed by atoms with Gasteiger partial charge in [-0.3, -0.25) is 14.4 Å². The van der Waals surface area contributed by atoms with Gasteiger partial charge in [-0.2, -0.15) is 0 Å². The summed E-state index contributed by atoms with van der Waals surface area (Å²) in [4.78, 5) is 29.7. The van der Waals surface area contributed by atoms with Gasteiger partial charge in [0, 0.05) is 19.0 Å². The molecule has 0 saturated heterocycles. The maximum Gasteiger partial charge on any atom is 0.293 e. The molecule has 106 valence electrons. The molecule has 0 aliphatic carbocycles. The van der Waals surface area contributed by atoms with Gasteiger partial charge in [0.15, 0.2) is 0 Å². The number of hydrogen-bond donors (Lipinski definition) is 0. The lowest BCUT2D eigenvalue weighted by Crippen LogP contribution is -2.33. The largest absolute Gasteiger partial charge is 0.304 e. The summed E-state index contributed by atoms with van der Waals surface area (Å²) in [6, 6.07) is 7.36. The summed E-state index contributed by atoms with van der Waals surface area (Å²) in [7, 11) is 2.93. The zero-order valence-electron chi connectivity index (χ0n) is 12.1. The van der Waals surface area contributed by atoms with E-state index >= 15 is 0 Å². The molecule has 5 nitrogen and oxygen atoms in total. The van der Waals surface area contributed by atoms with Crippen LogP contribution in [0, 0.1) is 6.92 Å². The summed E-state index contributed by atoms with van der Waals surface area (Å²) in [5.41, 5.74) is 1.20. The van der Waals surface area contributed by atoms with Gasteiger partial charge in [0.05, 0.1) is 7.11 Å². The van der Waals surface area contributed by atoms with Crippen LogP contribution in [0.3, 0.4) is 0 Å². The van der Waals surface area contributed by atoms with Crippen LogP contribution in [0.5, 0.6) is 0 Å². The minimum absolute atomic E-state index is 0.151. The predicted octanol–water partition coefficient (Wildman–Crippen LogP) is 1.96. The average molecular weight is 274 g/mol. The van der Waals surface area contributed by atoms with Crippen LogP contribution in [-0.4, -0.2) is 29.7 Å². The predicted molar refractivity (Wildman–Crippen MR) is 77.7 cm³/mol. The van der Waals surface area contributed by atoms with Crippen molar-refractivity contribution in [3.8, 4) is 0 Å². The van der Waals surface area contributed by atoms with E-state index in [-0.39, 0.29) is 11.5 Å². The highest BCUT2D eigenvalue weighted by Crippen LogP contribution is 2.15. The molecule has 0 saturated carbocycles. The smallest absolute Gasteiger partial charge is 0.293 e. The van der Waals surface area contributed by atoms with Crippen molar-refractivity contribution in [2.24, 2.45) is 0 Å². The van der Waals surface area contributed by atoms with Gasteiger partial charge in [0.1, 0.15) is 5.69 Å². The second kappa shape index (κ2) is 5.46. The Hall–Kier alpha value is -2.14. The van der Waals surface area contributed by atoms with Crippen molar-refractivity contribution < 1.29 is 9.63 Å². The average Bonchev–Trinajstić information content (AvgIpc) is 2.46. The molecule has 1 heterocycles. The molecule has 0 fully saturated rings. The molecule has 0 radical (unpaired) electrons. The molecule has 1 aromatic carbocycles. The molecular formula is C15H18N2O3. The Bertz CT molecular complexity index is 719. The maximum absolute atomic E-state index is 12.5. The molecule has 0 aliphatic rings. The summed E-state index contributed by atoms with van der Waals surface area (Å²) < 4.78 is 1.47. The van der Waals surface area contributed by atoms with Gasteiger partial charge in [-0.05, 0) is 31.4 Å². The quantitative estimate of drug-likeness (QED) is 0.804. The van der Waals surface area contributed by atoms with Crippen LogP contribution in [0.1, 0.15) is 23.0 Å². The lowest BCUT2D eigenvalue weighted by atomic mass is 10.1. The number of aromatic nitrogens is 1. The van der Waals surface area contributed by atoms with E-state index in [2.05, 4.69) is 0 Å². The van der Waals surface area contributed by atoms with E-state index in [1.807, 2.05) is 32.0 Å². The second-order valence-electron chi connectivity index (χ2n) is 4.65. The molecule has 1 aromatic heterocycles. The van der Waals surface area contributed by atoms with Crippen molar-refractivity contribution in [3.63, 3.8) is 0 Å². The number of aryl methyl sites for hydroxylation is 1. The number of hydroxylamine groups is 2. The third-order valence-corrected chi connectivity index (χ3v) is 3.36. The Kier molecular flexibility index (Phi) is 3.90. The van der Waals surface area contributed by atoms with Gasteiger partial charge in [-0.25, -0.2) is 5.06 Å². The summed E-state index contributed by atoms with van der Waals surface area (Å²) in [6.45, 7) is 4.21. The number of pyridine rings is 1. The molecule has 20 heavy (non-hydrogen) atoms. The third-order valence-electron chi connectivity index (χ3n) is 3.36. The number of rotatable bonds is 3. The number of carbonyl (C=O) groups is 1. The number of hydrogen-bond acceptors (Lipinski definition) is 3. The number of nitrogens with zero attached hydrogens (tertiary/aromatic N) is 2. The van der Waals surface area contributed by atoms with Crippen LogP contribution in [-0.2, 0) is 11.4 Å². The van der Waals surface area contributed by atoms with E-state index in [4.69, 9.17) is 4.84 Å². The molecule has 0 bridgehead atoms. The molecule has 0 N–H and O–H groups in total. The van der Waals surface area contributed by atoms with E-state index in [1.165, 1.54) is 18.7 Å². The molecule has 1 amide bonds. The normalized spacial score (nSPS) is 10.8. The Morgan fingerprint density at radius 2 is 2.05 bits per heavy atom. The zero-order chi connectivity index (χ0) is 14.9. The molecule has 5 heteroatoms. The fourth-order valence-electron chi connectivity index (χ4n) is 2.20. The molecule has 0 atom stereocenters. The number of carbonyl (C=O) groups excluding carboxylic acids is 1. The molecule has 0 spiro atoms. The van der Waals surface area contributed by atoms with Gasteiger partial charge in [0.25, 0.3) is 11.5 Å². The van der Waals surface area contributed by atoms with Crippen molar-refractivity contribution in [2.45, 2.75) is 20.4 Å². The first kappa shape index (κ1) is 14.3. The van der Waals surface area contributed by atoms with Crippen LogP contribution in [0.4, 0.5) is 0 Å². The Morgan fingerprint density at radius 3 is 2.65 bits per heavy atom. The highest BCUT2D eigenvalue weighted by molar-refractivity contribution is 5.96. The Balaban J connectivity index is 2.76. The first-order valence-electron chi connectivity index (χ1n) is 6.46. The number of benzene rings is 1. The first-order chi connectivity index (χ1) is 9.49. The zero-order valence-corrected chi connectivity index (χ0v) is 12.1. The van der Waals surface area contributed by atoms with E-state index in [9.17, 15) is 9.59 Å². The summed E-state index contributed by atoms with van der Waals surface area (Å²) >= 11 is 0. The molecule has 0 aliphatic heterocycles. The van der Waals surface area contributed by atoms with E-state index in [0.29, 0.717) is 17.6 Å². The summed E-state index contributed by atoms with van der Waals surface area (Å²) in [5.74, 6) is -0.339. The lowest BCUT2D eigenvalue weighted by Gasteiger charge is -2.17. The number of amides is 1. The molecular weight excluding hydrogens is 256 g/mol. The van der Waals surface area contributed by atoms with Gasteiger partial charge in [0.2, 0.25) is 0 Å². The van der Waals surface area contributed by atoms with Crippen LogP contribution in [0.2, 0.25) is 0 Å². The Labute approximate surface area is 117 Å². The first-order valence-corrected chi connectivity index (χ1v) is 6.46. The highest BCUT2D eigenvalue weighted by atomic mass is 16.7. The maximum atomic E-state index is 12.5. The fraction of sp³-hybridized carbons (Fsp3) is 0.333. The van der Waals surface area contributed by atoms with Crippen molar-refractivity contribution in [2.75, 3.05) is 14.2 Å². The second-order valence-corrected chi connectivity index (χ2v) is 4.65. The summed E-state index contributed by atoms with van der Waals surface area (Å²) in [5, 5.41) is 2.50. The van der Waals surface area contributed by atoms with Crippen molar-refractivity contribution in [1.29, 1.82) is 0 Å². The third kappa shape index (κ3) is 2.32. The van der Waals surface area contributed by atoms with Gasteiger partial charge in [-0.1, -0.05) is 17.7 Å². The van der Waals surface area contributed by atoms with Crippen molar-refractivity contribution >= 4 is 16.7 Å². The minimum atomic E-state index is -0.339. The van der Waals surface area contributed by atoms with E-state index in [1.54, 1.807) is 6.07 Å². The molecule has 2 aromatic rings. The van der Waals surface area contributed by atoms with E-state index in [0.717, 1.165) is 16.0 Å². The van der Waals surface area contributed by atoms with Gasteiger partial charge >= 0.3 is 0 Å².